The molecule has 1 aliphatic heterocycles. The lowest BCUT2D eigenvalue weighted by Crippen LogP contribution is -2.39. The van der Waals surface area contributed by atoms with Crippen molar-refractivity contribution < 1.29 is 9.59 Å². The summed E-state index contributed by atoms with van der Waals surface area (Å²) in [5.41, 5.74) is 5.65. The van der Waals surface area contributed by atoms with Gasteiger partial charge in [0.05, 0.1) is 0 Å². The Morgan fingerprint density at radius 2 is 2.24 bits per heavy atom. The summed E-state index contributed by atoms with van der Waals surface area (Å²) in [5.74, 6) is 1.26. The van der Waals surface area contributed by atoms with Gasteiger partial charge >= 0.3 is 0 Å². The van der Waals surface area contributed by atoms with E-state index < -0.39 is 0 Å². The molecule has 0 bridgehead atoms. The van der Waals surface area contributed by atoms with Gasteiger partial charge in [-0.3, -0.25) is 9.59 Å². The van der Waals surface area contributed by atoms with Crippen molar-refractivity contribution in [2.45, 2.75) is 27.2 Å². The Morgan fingerprint density at radius 1 is 1.59 bits per heavy atom. The van der Waals surface area contributed by atoms with E-state index >= 15 is 0 Å². The lowest BCUT2D eigenvalue weighted by Gasteiger charge is -2.29. The highest BCUT2D eigenvalue weighted by Crippen LogP contribution is 2.25. The molecule has 1 unspecified atom stereocenters. The minimum Gasteiger partial charge on any atom is -0.342 e. The molecule has 1 amide bonds. The molecule has 0 spiro atoms. The van der Waals surface area contributed by atoms with Gasteiger partial charge in [0.25, 0.3) is 0 Å². The van der Waals surface area contributed by atoms with Crippen molar-refractivity contribution in [2.24, 2.45) is 17.1 Å². The van der Waals surface area contributed by atoms with Gasteiger partial charge in [-0.2, -0.15) is 0 Å². The Kier molecular flexibility index (Phi) is 5.01. The van der Waals surface area contributed by atoms with Crippen LogP contribution in [0, 0.1) is 11.3 Å². The molecular weight excluding hydrogens is 236 g/mol. The molecule has 1 saturated heterocycles. The van der Waals surface area contributed by atoms with Crippen LogP contribution in [0.15, 0.2) is 0 Å². The first-order chi connectivity index (χ1) is 7.84. The lowest BCUT2D eigenvalue weighted by atomic mass is 9.93. The average Bonchev–Trinajstić information content (AvgIpc) is 2.56. The van der Waals surface area contributed by atoms with Crippen molar-refractivity contribution in [2.75, 3.05) is 25.4 Å². The third kappa shape index (κ3) is 4.68. The van der Waals surface area contributed by atoms with E-state index in [0.717, 1.165) is 12.3 Å². The van der Waals surface area contributed by atoms with Crippen LogP contribution in [0.3, 0.4) is 0 Å². The maximum absolute atomic E-state index is 11.8. The van der Waals surface area contributed by atoms with Gasteiger partial charge in [-0.1, -0.05) is 25.6 Å². The zero-order valence-corrected chi connectivity index (χ0v) is 11.7. The smallest absolute Gasteiger partial charge is 0.222 e. The fourth-order valence-corrected chi connectivity index (χ4v) is 2.63. The second-order valence-corrected chi connectivity index (χ2v) is 6.71. The van der Waals surface area contributed by atoms with Crippen molar-refractivity contribution in [3.05, 3.63) is 0 Å². The van der Waals surface area contributed by atoms with Gasteiger partial charge in [0.15, 0.2) is 5.12 Å². The first-order valence-electron chi connectivity index (χ1n) is 5.95. The van der Waals surface area contributed by atoms with Crippen LogP contribution >= 0.6 is 11.8 Å². The summed E-state index contributed by atoms with van der Waals surface area (Å²) in [6.07, 6.45) is 0.570. The van der Waals surface area contributed by atoms with Crippen LogP contribution in [0.4, 0.5) is 0 Å². The molecule has 0 aromatic carbocycles. The van der Waals surface area contributed by atoms with Gasteiger partial charge < -0.3 is 10.6 Å². The SMILES string of the molecule is CC(=O)SCC1CC(=O)N(CC(C)(C)CN)C1. The van der Waals surface area contributed by atoms with Crippen LogP contribution < -0.4 is 5.73 Å². The Labute approximate surface area is 107 Å². The van der Waals surface area contributed by atoms with Crippen LogP contribution in [-0.4, -0.2) is 41.3 Å². The normalized spacial score (nSPS) is 21.1. The fourth-order valence-electron chi connectivity index (χ4n) is 1.93. The zero-order valence-electron chi connectivity index (χ0n) is 10.9. The minimum absolute atomic E-state index is 0.0295. The number of likely N-dealkylation sites (tertiary alicyclic amines) is 1. The summed E-state index contributed by atoms with van der Waals surface area (Å²) >= 11 is 1.31. The van der Waals surface area contributed by atoms with Crippen LogP contribution in [0.5, 0.6) is 0 Å². The summed E-state index contributed by atoms with van der Waals surface area (Å²) in [7, 11) is 0. The molecule has 4 nitrogen and oxygen atoms in total. The van der Waals surface area contributed by atoms with Crippen LogP contribution in [0.1, 0.15) is 27.2 Å². The molecule has 1 aliphatic rings. The Morgan fingerprint density at radius 3 is 2.76 bits per heavy atom. The third-order valence-electron chi connectivity index (χ3n) is 2.99. The quantitative estimate of drug-likeness (QED) is 0.802. The van der Waals surface area contributed by atoms with E-state index in [-0.39, 0.29) is 16.4 Å². The minimum atomic E-state index is -0.0295. The van der Waals surface area contributed by atoms with Crippen LogP contribution in [-0.2, 0) is 9.59 Å². The van der Waals surface area contributed by atoms with Gasteiger partial charge in [0.1, 0.15) is 0 Å². The number of amides is 1. The van der Waals surface area contributed by atoms with Crippen molar-refractivity contribution in [3.8, 4) is 0 Å². The molecule has 1 atom stereocenters. The number of rotatable bonds is 5. The van der Waals surface area contributed by atoms with Crippen LogP contribution in [0.25, 0.3) is 0 Å². The second-order valence-electron chi connectivity index (χ2n) is 5.52. The number of carbonyl (C=O) groups excluding carboxylic acids is 2. The van der Waals surface area contributed by atoms with E-state index in [1.54, 1.807) is 6.92 Å². The molecule has 0 radical (unpaired) electrons. The number of hydrogen-bond donors (Lipinski definition) is 1. The number of carbonyl (C=O) groups is 2. The van der Waals surface area contributed by atoms with E-state index in [2.05, 4.69) is 13.8 Å². The summed E-state index contributed by atoms with van der Waals surface area (Å²) in [6, 6.07) is 0. The molecule has 17 heavy (non-hydrogen) atoms. The van der Waals surface area contributed by atoms with E-state index in [0.29, 0.717) is 25.4 Å². The number of thioether (sulfide) groups is 1. The van der Waals surface area contributed by atoms with Gasteiger partial charge in [-0.15, -0.1) is 0 Å². The maximum Gasteiger partial charge on any atom is 0.222 e. The molecule has 98 valence electrons. The fraction of sp³-hybridized carbons (Fsp3) is 0.833. The lowest BCUT2D eigenvalue weighted by molar-refractivity contribution is -0.128. The third-order valence-corrected chi connectivity index (χ3v) is 4.03. The topological polar surface area (TPSA) is 63.4 Å². The molecule has 1 rings (SSSR count). The van der Waals surface area contributed by atoms with Gasteiger partial charge in [0.2, 0.25) is 5.91 Å². The average molecular weight is 258 g/mol. The highest BCUT2D eigenvalue weighted by Gasteiger charge is 2.32. The molecule has 5 heteroatoms. The van der Waals surface area contributed by atoms with E-state index in [1.165, 1.54) is 11.8 Å². The molecule has 0 aliphatic carbocycles. The predicted molar refractivity (Wildman–Crippen MR) is 70.7 cm³/mol. The molecule has 0 saturated carbocycles. The largest absolute Gasteiger partial charge is 0.342 e. The Balaban J connectivity index is 2.44. The van der Waals surface area contributed by atoms with Gasteiger partial charge in [-0.05, 0) is 17.9 Å². The number of hydrogen-bond acceptors (Lipinski definition) is 4. The first-order valence-corrected chi connectivity index (χ1v) is 6.94. The van der Waals surface area contributed by atoms with E-state index in [1.807, 2.05) is 4.90 Å². The molecular formula is C12H22N2O2S. The predicted octanol–water partition coefficient (Wildman–Crippen LogP) is 1.10. The molecule has 2 N–H and O–H groups in total. The molecule has 0 aromatic rings. The summed E-state index contributed by atoms with van der Waals surface area (Å²) in [5, 5.41) is 0.123. The Bertz CT molecular complexity index is 305. The van der Waals surface area contributed by atoms with Crippen molar-refractivity contribution >= 4 is 22.8 Å². The molecule has 1 heterocycles. The summed E-state index contributed by atoms with van der Waals surface area (Å²) in [4.78, 5) is 24.6. The van der Waals surface area contributed by atoms with Gasteiger partial charge in [-0.25, -0.2) is 0 Å². The van der Waals surface area contributed by atoms with E-state index in [4.69, 9.17) is 5.73 Å². The standard InChI is InChI=1S/C12H22N2O2S/c1-9(15)17-6-10-4-11(16)14(5-10)8-12(2,3)7-13/h10H,4-8,13H2,1-3H3. The second kappa shape index (κ2) is 5.87. The number of nitrogens with zero attached hydrogens (tertiary/aromatic N) is 1. The highest BCUT2D eigenvalue weighted by molar-refractivity contribution is 8.13. The number of nitrogens with two attached hydrogens (primary N) is 1. The van der Waals surface area contributed by atoms with Crippen LogP contribution in [0.2, 0.25) is 0 Å². The monoisotopic (exact) mass is 258 g/mol. The summed E-state index contributed by atoms with van der Waals surface area (Å²) < 4.78 is 0. The molecule has 0 aromatic heterocycles. The maximum atomic E-state index is 11.8. The highest BCUT2D eigenvalue weighted by atomic mass is 32.2. The van der Waals surface area contributed by atoms with Crippen molar-refractivity contribution in [1.29, 1.82) is 0 Å². The first kappa shape index (κ1) is 14.5. The van der Waals surface area contributed by atoms with Crippen molar-refractivity contribution in [1.82, 2.24) is 4.90 Å². The summed E-state index contributed by atoms with van der Waals surface area (Å²) in [6.45, 7) is 7.75. The van der Waals surface area contributed by atoms with E-state index in [9.17, 15) is 9.59 Å². The zero-order chi connectivity index (χ0) is 13.1. The Hall–Kier alpha value is -0.550. The van der Waals surface area contributed by atoms with Gasteiger partial charge in [0, 0.05) is 32.2 Å². The van der Waals surface area contributed by atoms with Crippen molar-refractivity contribution in [3.63, 3.8) is 0 Å². The molecule has 1 fully saturated rings.